The molecule has 0 aliphatic carbocycles. The Bertz CT molecular complexity index is 389. The lowest BCUT2D eigenvalue weighted by Crippen LogP contribution is -2.12. The quantitative estimate of drug-likeness (QED) is 0.692. The van der Waals surface area contributed by atoms with E-state index in [1.54, 1.807) is 0 Å². The molecule has 1 unspecified atom stereocenters. The molecule has 1 atom stereocenters. The molecule has 0 radical (unpaired) electrons. The molecule has 1 aromatic rings. The lowest BCUT2D eigenvalue weighted by atomic mass is 10.3. The molecule has 0 amide bonds. The van der Waals surface area contributed by atoms with Crippen LogP contribution >= 0.6 is 11.8 Å². The van der Waals surface area contributed by atoms with Crippen LogP contribution in [0.25, 0.3) is 0 Å². The van der Waals surface area contributed by atoms with Crippen molar-refractivity contribution >= 4 is 23.4 Å². The van der Waals surface area contributed by atoms with Gasteiger partial charge in [0.05, 0.1) is 0 Å². The zero-order valence-electron chi connectivity index (χ0n) is 12.9. The smallest absolute Gasteiger partial charge is 0.158 e. The van der Waals surface area contributed by atoms with E-state index in [0.29, 0.717) is 24.3 Å². The van der Waals surface area contributed by atoms with Gasteiger partial charge in [-0.25, -0.2) is 9.97 Å². The first-order valence-corrected chi connectivity index (χ1v) is 8.44. The maximum atomic E-state index is 5.38. The molecule has 20 heavy (non-hydrogen) atoms. The molecule has 2 N–H and O–H groups in total. The number of aromatic nitrogens is 2. The minimum Gasteiger partial charge on any atom is -0.374 e. The van der Waals surface area contributed by atoms with Crippen LogP contribution in [0.2, 0.25) is 0 Å². The van der Waals surface area contributed by atoms with Gasteiger partial charge in [-0.15, -0.1) is 0 Å². The number of nitrogens with zero attached hydrogens (tertiary/aromatic N) is 2. The van der Waals surface area contributed by atoms with Crippen molar-refractivity contribution in [2.45, 2.75) is 39.0 Å². The van der Waals surface area contributed by atoms with Gasteiger partial charge in [0.1, 0.15) is 18.2 Å². The first kappa shape index (κ1) is 17.0. The number of thioether (sulfide) groups is 1. The summed E-state index contributed by atoms with van der Waals surface area (Å²) < 4.78 is 5.38. The van der Waals surface area contributed by atoms with Gasteiger partial charge in [0.15, 0.2) is 5.82 Å². The van der Waals surface area contributed by atoms with Crippen LogP contribution in [-0.2, 0) is 11.3 Å². The van der Waals surface area contributed by atoms with Crippen LogP contribution in [0.3, 0.4) is 0 Å². The lowest BCUT2D eigenvalue weighted by Gasteiger charge is -2.12. The predicted octanol–water partition coefficient (Wildman–Crippen LogP) is 3.00. The van der Waals surface area contributed by atoms with Crippen molar-refractivity contribution in [1.82, 2.24) is 9.97 Å². The van der Waals surface area contributed by atoms with Gasteiger partial charge < -0.3 is 15.4 Å². The molecule has 0 spiro atoms. The summed E-state index contributed by atoms with van der Waals surface area (Å²) in [6.45, 7) is 9.13. The highest BCUT2D eigenvalue weighted by molar-refractivity contribution is 7.99. The molecule has 1 heterocycles. The fourth-order valence-electron chi connectivity index (χ4n) is 1.64. The number of nitrogens with one attached hydrogen (secondary N) is 2. The minimum atomic E-state index is 0.450. The molecule has 0 bridgehead atoms. The molecule has 0 aromatic carbocycles. The second kappa shape index (κ2) is 9.83. The largest absolute Gasteiger partial charge is 0.374 e. The summed E-state index contributed by atoms with van der Waals surface area (Å²) in [5, 5.41) is 7.24. The topological polar surface area (TPSA) is 59.1 Å². The first-order chi connectivity index (χ1) is 9.69. The molecular formula is C14H26N4OS. The van der Waals surface area contributed by atoms with Crippen molar-refractivity contribution in [1.29, 1.82) is 0 Å². The molecule has 0 fully saturated rings. The van der Waals surface area contributed by atoms with Gasteiger partial charge in [0.25, 0.3) is 0 Å². The van der Waals surface area contributed by atoms with Crippen LogP contribution in [-0.4, -0.2) is 41.2 Å². The zero-order valence-corrected chi connectivity index (χ0v) is 13.7. The number of hydrogen-bond donors (Lipinski definition) is 2. The highest BCUT2D eigenvalue weighted by Gasteiger charge is 2.05. The average Bonchev–Trinajstić information content (AvgIpc) is 2.45. The van der Waals surface area contributed by atoms with E-state index >= 15 is 0 Å². The Labute approximate surface area is 126 Å². The number of ether oxygens (including phenoxy) is 1. The Morgan fingerprint density at radius 3 is 2.55 bits per heavy atom. The predicted molar refractivity (Wildman–Crippen MR) is 87.6 cm³/mol. The Morgan fingerprint density at radius 2 is 1.95 bits per heavy atom. The van der Waals surface area contributed by atoms with Crippen molar-refractivity contribution in [2.75, 3.05) is 36.6 Å². The molecule has 0 aliphatic rings. The number of hydrogen-bond acceptors (Lipinski definition) is 6. The van der Waals surface area contributed by atoms with E-state index in [0.717, 1.165) is 31.1 Å². The standard InChI is InChI=1S/C14H26N4OS/c1-5-15-12-9-13(16-8-7-11(3)20-4)18-14(17-12)10-19-6-2/h9,11H,5-8,10H2,1-4H3,(H2,15,16,17,18). The molecule has 5 nitrogen and oxygen atoms in total. The van der Waals surface area contributed by atoms with E-state index in [2.05, 4.69) is 40.7 Å². The van der Waals surface area contributed by atoms with Crippen LogP contribution in [0.5, 0.6) is 0 Å². The van der Waals surface area contributed by atoms with E-state index in [9.17, 15) is 0 Å². The molecule has 6 heteroatoms. The lowest BCUT2D eigenvalue weighted by molar-refractivity contribution is 0.128. The summed E-state index contributed by atoms with van der Waals surface area (Å²) in [7, 11) is 0. The Hall–Kier alpha value is -1.01. The average molecular weight is 298 g/mol. The fraction of sp³-hybridized carbons (Fsp3) is 0.714. The summed E-state index contributed by atoms with van der Waals surface area (Å²) in [4.78, 5) is 8.91. The van der Waals surface area contributed by atoms with Gasteiger partial charge >= 0.3 is 0 Å². The van der Waals surface area contributed by atoms with Crippen molar-refractivity contribution in [3.05, 3.63) is 11.9 Å². The maximum Gasteiger partial charge on any atom is 0.158 e. The van der Waals surface area contributed by atoms with E-state index in [1.807, 2.05) is 24.8 Å². The third kappa shape index (κ3) is 6.43. The van der Waals surface area contributed by atoms with Crippen LogP contribution in [0, 0.1) is 0 Å². The van der Waals surface area contributed by atoms with Gasteiger partial charge in [-0.1, -0.05) is 6.92 Å². The molecule has 0 saturated heterocycles. The third-order valence-corrected chi connectivity index (χ3v) is 3.87. The number of anilines is 2. The first-order valence-electron chi connectivity index (χ1n) is 7.15. The van der Waals surface area contributed by atoms with Gasteiger partial charge in [0.2, 0.25) is 0 Å². The monoisotopic (exact) mass is 298 g/mol. The zero-order chi connectivity index (χ0) is 14.8. The van der Waals surface area contributed by atoms with Crippen LogP contribution < -0.4 is 10.6 Å². The van der Waals surface area contributed by atoms with Crippen molar-refractivity contribution in [2.24, 2.45) is 0 Å². The molecule has 114 valence electrons. The van der Waals surface area contributed by atoms with E-state index in [1.165, 1.54) is 0 Å². The summed E-state index contributed by atoms with van der Waals surface area (Å²) in [5.41, 5.74) is 0. The fourth-order valence-corrected chi connectivity index (χ4v) is 1.99. The molecule has 0 saturated carbocycles. The summed E-state index contributed by atoms with van der Waals surface area (Å²) >= 11 is 1.88. The van der Waals surface area contributed by atoms with Crippen LogP contribution in [0.1, 0.15) is 33.0 Å². The molecular weight excluding hydrogens is 272 g/mol. The summed E-state index contributed by atoms with van der Waals surface area (Å²) in [5.74, 6) is 2.42. The molecule has 1 rings (SSSR count). The highest BCUT2D eigenvalue weighted by atomic mass is 32.2. The minimum absolute atomic E-state index is 0.450. The van der Waals surface area contributed by atoms with E-state index in [-0.39, 0.29) is 0 Å². The summed E-state index contributed by atoms with van der Waals surface area (Å²) in [6, 6.07) is 1.95. The summed E-state index contributed by atoms with van der Waals surface area (Å²) in [6.07, 6.45) is 3.25. The normalized spacial score (nSPS) is 12.2. The maximum absolute atomic E-state index is 5.38. The number of rotatable bonds is 10. The molecule has 1 aromatic heterocycles. The van der Waals surface area contributed by atoms with Crippen molar-refractivity contribution in [3.8, 4) is 0 Å². The van der Waals surface area contributed by atoms with Gasteiger partial charge in [-0.2, -0.15) is 11.8 Å². The van der Waals surface area contributed by atoms with E-state index < -0.39 is 0 Å². The Kier molecular flexibility index (Phi) is 8.37. The Morgan fingerprint density at radius 1 is 1.25 bits per heavy atom. The van der Waals surface area contributed by atoms with Gasteiger partial charge in [-0.05, 0) is 26.5 Å². The van der Waals surface area contributed by atoms with Crippen molar-refractivity contribution < 1.29 is 4.74 Å². The second-order valence-corrected chi connectivity index (χ2v) is 5.76. The second-order valence-electron chi connectivity index (χ2n) is 4.48. The van der Waals surface area contributed by atoms with Gasteiger partial charge in [0, 0.05) is 31.0 Å². The van der Waals surface area contributed by atoms with Crippen LogP contribution in [0.15, 0.2) is 6.07 Å². The van der Waals surface area contributed by atoms with E-state index in [4.69, 9.17) is 4.74 Å². The van der Waals surface area contributed by atoms with Gasteiger partial charge in [-0.3, -0.25) is 0 Å². The highest BCUT2D eigenvalue weighted by Crippen LogP contribution is 2.14. The van der Waals surface area contributed by atoms with Crippen molar-refractivity contribution in [3.63, 3.8) is 0 Å². The third-order valence-electron chi connectivity index (χ3n) is 2.82. The SMILES string of the molecule is CCNc1cc(NCCC(C)SC)nc(COCC)n1. The van der Waals surface area contributed by atoms with Crippen LogP contribution in [0.4, 0.5) is 11.6 Å². The molecule has 0 aliphatic heterocycles. The Balaban J connectivity index is 2.64.